The van der Waals surface area contributed by atoms with E-state index in [1.54, 1.807) is 11.0 Å². The fourth-order valence-electron chi connectivity index (χ4n) is 3.18. The lowest BCUT2D eigenvalue weighted by Crippen LogP contribution is -2.50. The topological polar surface area (TPSA) is 61.4 Å². The van der Waals surface area contributed by atoms with E-state index in [2.05, 4.69) is 33.5 Å². The van der Waals surface area contributed by atoms with Crippen molar-refractivity contribution in [3.8, 4) is 0 Å². The van der Waals surface area contributed by atoms with E-state index in [9.17, 15) is 9.59 Å². The third-order valence-corrected chi connectivity index (χ3v) is 5.07. The van der Waals surface area contributed by atoms with E-state index in [0.717, 1.165) is 22.1 Å². The molecule has 0 aromatic heterocycles. The lowest BCUT2D eigenvalue weighted by Gasteiger charge is -2.32. The minimum absolute atomic E-state index is 0.0386. The van der Waals surface area contributed by atoms with Gasteiger partial charge in [-0.05, 0) is 43.2 Å². The van der Waals surface area contributed by atoms with Crippen molar-refractivity contribution in [1.29, 1.82) is 0 Å². The average Bonchev–Trinajstić information content (AvgIpc) is 2.65. The molecule has 0 saturated carbocycles. The van der Waals surface area contributed by atoms with Crippen molar-refractivity contribution in [2.75, 3.05) is 16.8 Å². The number of benzene rings is 2. The quantitative estimate of drug-likeness (QED) is 0.778. The molecular weight excluding hydrogens is 394 g/mol. The van der Waals surface area contributed by atoms with E-state index in [1.165, 1.54) is 0 Å². The highest BCUT2D eigenvalue weighted by molar-refractivity contribution is 9.10. The first kappa shape index (κ1) is 18.6. The molecule has 2 N–H and O–H groups in total. The number of para-hydroxylation sites is 2. The predicted octanol–water partition coefficient (Wildman–Crippen LogP) is 3.86. The summed E-state index contributed by atoms with van der Waals surface area (Å²) >= 11 is 3.44. The number of fused-ring (bicyclic) bond motifs is 1. The number of hydrogen-bond acceptors (Lipinski definition) is 3. The highest BCUT2D eigenvalue weighted by atomic mass is 79.9. The number of hydrogen-bond donors (Lipinski definition) is 2. The van der Waals surface area contributed by atoms with Crippen LogP contribution in [0.15, 0.2) is 53.0 Å². The molecule has 5 nitrogen and oxygen atoms in total. The van der Waals surface area contributed by atoms with Crippen LogP contribution >= 0.6 is 15.9 Å². The van der Waals surface area contributed by atoms with Crippen LogP contribution in [0.5, 0.6) is 0 Å². The molecule has 0 aliphatic carbocycles. The summed E-state index contributed by atoms with van der Waals surface area (Å²) in [6, 6.07) is 15.1. The first-order valence-electron chi connectivity index (χ1n) is 8.71. The molecule has 3 rings (SSSR count). The summed E-state index contributed by atoms with van der Waals surface area (Å²) in [5.41, 5.74) is 2.54. The van der Waals surface area contributed by atoms with Gasteiger partial charge in [0.25, 0.3) is 0 Å². The number of carbonyl (C=O) groups is 2. The van der Waals surface area contributed by atoms with Gasteiger partial charge in [-0.15, -0.1) is 0 Å². The Labute approximate surface area is 161 Å². The number of halogens is 1. The zero-order chi connectivity index (χ0) is 18.7. The van der Waals surface area contributed by atoms with Crippen LogP contribution in [0.1, 0.15) is 31.9 Å². The van der Waals surface area contributed by atoms with Gasteiger partial charge < -0.3 is 5.32 Å². The lowest BCUT2D eigenvalue weighted by molar-refractivity contribution is -0.123. The van der Waals surface area contributed by atoms with Crippen LogP contribution in [-0.2, 0) is 9.59 Å². The van der Waals surface area contributed by atoms with Crippen molar-refractivity contribution < 1.29 is 9.59 Å². The lowest BCUT2D eigenvalue weighted by atomic mass is 10.0. The van der Waals surface area contributed by atoms with Crippen LogP contribution in [0.2, 0.25) is 0 Å². The minimum atomic E-state index is -0.414. The van der Waals surface area contributed by atoms with Gasteiger partial charge in [0.2, 0.25) is 11.8 Å². The number of carbonyl (C=O) groups excluding carboxylic acids is 2. The normalized spacial score (nSPS) is 15.8. The molecule has 6 heteroatoms. The van der Waals surface area contributed by atoms with Gasteiger partial charge in [0.15, 0.2) is 0 Å². The Bertz CT molecular complexity index is 807. The van der Waals surface area contributed by atoms with Crippen molar-refractivity contribution >= 4 is 39.1 Å². The van der Waals surface area contributed by atoms with Crippen molar-refractivity contribution in [2.24, 2.45) is 0 Å². The summed E-state index contributed by atoms with van der Waals surface area (Å²) in [7, 11) is 0. The molecule has 1 aliphatic rings. The first-order valence-corrected chi connectivity index (χ1v) is 9.50. The number of nitrogens with one attached hydrogen (secondary N) is 2. The van der Waals surface area contributed by atoms with Gasteiger partial charge in [0.05, 0.1) is 17.4 Å². The van der Waals surface area contributed by atoms with E-state index in [0.29, 0.717) is 5.69 Å². The molecule has 0 spiro atoms. The Morgan fingerprint density at radius 1 is 1.23 bits per heavy atom. The maximum Gasteiger partial charge on any atom is 0.244 e. The molecule has 2 amide bonds. The fourth-order valence-corrected chi connectivity index (χ4v) is 3.45. The SMILES string of the molecule is CC[C@@H](N[C@H](C)C(=O)N1CC(=O)Nc2ccccc21)c1ccc(Br)cc1. The Hall–Kier alpha value is -2.18. The summed E-state index contributed by atoms with van der Waals surface area (Å²) in [5.74, 6) is -0.285. The molecule has 2 aromatic rings. The average molecular weight is 416 g/mol. The standard InChI is InChI=1S/C20H22BrN3O2/c1-3-16(14-8-10-15(21)11-9-14)22-13(2)20(26)24-12-19(25)23-17-6-4-5-7-18(17)24/h4-11,13,16,22H,3,12H2,1-2H3,(H,23,25)/t13-,16-/m1/s1. The van der Waals surface area contributed by atoms with Gasteiger partial charge in [-0.2, -0.15) is 0 Å². The van der Waals surface area contributed by atoms with Crippen molar-refractivity contribution in [1.82, 2.24) is 5.32 Å². The number of rotatable bonds is 5. The van der Waals surface area contributed by atoms with Gasteiger partial charge in [0.1, 0.15) is 6.54 Å². The van der Waals surface area contributed by atoms with Gasteiger partial charge in [-0.25, -0.2) is 0 Å². The van der Waals surface area contributed by atoms with Crippen molar-refractivity contribution in [3.63, 3.8) is 0 Å². The molecule has 0 saturated heterocycles. The third kappa shape index (κ3) is 3.97. The predicted molar refractivity (Wildman–Crippen MR) is 107 cm³/mol. The molecule has 26 heavy (non-hydrogen) atoms. The maximum atomic E-state index is 13.0. The van der Waals surface area contributed by atoms with Crippen LogP contribution in [0.4, 0.5) is 11.4 Å². The summed E-state index contributed by atoms with van der Waals surface area (Å²) in [4.78, 5) is 26.5. The van der Waals surface area contributed by atoms with E-state index in [4.69, 9.17) is 0 Å². The number of nitrogens with zero attached hydrogens (tertiary/aromatic N) is 1. The molecule has 0 radical (unpaired) electrons. The highest BCUT2D eigenvalue weighted by Gasteiger charge is 2.30. The second-order valence-electron chi connectivity index (χ2n) is 6.39. The monoisotopic (exact) mass is 415 g/mol. The van der Waals surface area contributed by atoms with Crippen LogP contribution < -0.4 is 15.5 Å². The number of anilines is 2. The van der Waals surface area contributed by atoms with Crippen LogP contribution in [0, 0.1) is 0 Å². The van der Waals surface area contributed by atoms with Gasteiger partial charge >= 0.3 is 0 Å². The molecule has 136 valence electrons. The Balaban J connectivity index is 1.77. The molecule has 0 fully saturated rings. The van der Waals surface area contributed by atoms with Crippen LogP contribution in [0.3, 0.4) is 0 Å². The highest BCUT2D eigenvalue weighted by Crippen LogP contribution is 2.29. The largest absolute Gasteiger partial charge is 0.323 e. The second-order valence-corrected chi connectivity index (χ2v) is 7.31. The van der Waals surface area contributed by atoms with Crippen LogP contribution in [-0.4, -0.2) is 24.4 Å². The molecular formula is C20H22BrN3O2. The Morgan fingerprint density at radius 3 is 2.62 bits per heavy atom. The first-order chi connectivity index (χ1) is 12.5. The van der Waals surface area contributed by atoms with Gasteiger partial charge in [0, 0.05) is 10.5 Å². The van der Waals surface area contributed by atoms with E-state index < -0.39 is 6.04 Å². The van der Waals surface area contributed by atoms with Gasteiger partial charge in [-0.3, -0.25) is 19.8 Å². The van der Waals surface area contributed by atoms with E-state index in [1.807, 2.05) is 49.4 Å². The number of amides is 2. The zero-order valence-corrected chi connectivity index (χ0v) is 16.4. The smallest absolute Gasteiger partial charge is 0.244 e. The molecule has 2 atom stereocenters. The van der Waals surface area contributed by atoms with Gasteiger partial charge in [-0.1, -0.05) is 47.1 Å². The summed E-state index contributed by atoms with van der Waals surface area (Å²) < 4.78 is 1.02. The Kier molecular flexibility index (Phi) is 5.74. The summed E-state index contributed by atoms with van der Waals surface area (Å²) in [5, 5.41) is 6.22. The van der Waals surface area contributed by atoms with Crippen LogP contribution in [0.25, 0.3) is 0 Å². The van der Waals surface area contributed by atoms with Crippen molar-refractivity contribution in [2.45, 2.75) is 32.4 Å². The molecule has 1 heterocycles. The molecule has 0 bridgehead atoms. The third-order valence-electron chi connectivity index (χ3n) is 4.54. The van der Waals surface area contributed by atoms with E-state index >= 15 is 0 Å². The Morgan fingerprint density at radius 2 is 1.92 bits per heavy atom. The fraction of sp³-hybridized carbons (Fsp3) is 0.300. The zero-order valence-electron chi connectivity index (χ0n) is 14.8. The summed E-state index contributed by atoms with van der Waals surface area (Å²) in [6.45, 7) is 3.97. The van der Waals surface area contributed by atoms with E-state index in [-0.39, 0.29) is 24.4 Å². The maximum absolute atomic E-state index is 13.0. The molecule has 2 aromatic carbocycles. The molecule has 1 aliphatic heterocycles. The minimum Gasteiger partial charge on any atom is -0.323 e. The second kappa shape index (κ2) is 8.01. The summed E-state index contributed by atoms with van der Waals surface area (Å²) in [6.07, 6.45) is 0.857. The van der Waals surface area contributed by atoms with Crippen molar-refractivity contribution in [3.05, 3.63) is 58.6 Å². The molecule has 0 unspecified atom stereocenters.